The van der Waals surface area contributed by atoms with Crippen LogP contribution in [0.15, 0.2) is 30.7 Å². The van der Waals surface area contributed by atoms with Gasteiger partial charge in [-0.3, -0.25) is 9.58 Å². The molecular weight excluding hydrogens is 455 g/mol. The van der Waals surface area contributed by atoms with Gasteiger partial charge < -0.3 is 19.5 Å². The van der Waals surface area contributed by atoms with Gasteiger partial charge in [0.2, 0.25) is 0 Å². The molecule has 10 nitrogen and oxygen atoms in total. The summed E-state index contributed by atoms with van der Waals surface area (Å²) in [5, 5.41) is 6.75. The molecule has 1 unspecified atom stereocenters. The van der Waals surface area contributed by atoms with Crippen LogP contribution in [0.2, 0.25) is 0 Å². The maximum atomic E-state index is 13.5. The van der Waals surface area contributed by atoms with Crippen LogP contribution in [0.5, 0.6) is 0 Å². The lowest BCUT2D eigenvalue weighted by molar-refractivity contribution is 0.136. The van der Waals surface area contributed by atoms with Gasteiger partial charge in [0, 0.05) is 38.7 Å². The number of carbonyl (C=O) groups is 2. The smallest absolute Gasteiger partial charge is 0.415 e. The molecule has 3 aromatic rings. The minimum absolute atomic E-state index is 0. The molecule has 2 aromatic heterocycles. The van der Waals surface area contributed by atoms with Gasteiger partial charge in [0.1, 0.15) is 0 Å². The molecule has 2 atom stereocenters. The van der Waals surface area contributed by atoms with E-state index in [1.165, 1.54) is 16.0 Å². The molecule has 1 aromatic carbocycles. The van der Waals surface area contributed by atoms with E-state index in [-0.39, 0.29) is 26.2 Å². The number of fused-ring (bicyclic) bond motifs is 1. The molecule has 0 radical (unpaired) electrons. The fraction of sp³-hybridized carbons (Fsp3) is 0.333. The average molecular weight is 477 g/mol. The van der Waals surface area contributed by atoms with Crippen molar-refractivity contribution in [1.29, 1.82) is 0 Å². The number of hydrogen-bond donors (Lipinski definition) is 1. The second kappa shape index (κ2) is 8.08. The predicted octanol–water partition coefficient (Wildman–Crippen LogP) is 3.41. The highest BCUT2D eigenvalue weighted by Gasteiger charge is 2.39. The standard InChI is InChI=1S/C21H20F3N7O3.H2/c1-11-8-31-16(9-29(11)20(32)27-12-5-13(22)18(24)14(23)6-12)15(7-26-31)30-10-17(34-21(30)33)19-25-3-4-28(19)2;/h3-7,11,17H,8-10H2,1-2H3,(H,27,32);1H/t11-,17?;/m0./s1. The summed E-state index contributed by atoms with van der Waals surface area (Å²) in [5.74, 6) is -3.82. The van der Waals surface area contributed by atoms with Crippen molar-refractivity contribution in [3.8, 4) is 0 Å². The first-order chi connectivity index (χ1) is 16.2. The number of benzene rings is 1. The minimum Gasteiger partial charge on any atom is -0.436 e. The highest BCUT2D eigenvalue weighted by molar-refractivity contribution is 5.91. The lowest BCUT2D eigenvalue weighted by Gasteiger charge is -2.34. The Morgan fingerprint density at radius 3 is 2.65 bits per heavy atom. The van der Waals surface area contributed by atoms with Crippen molar-refractivity contribution in [2.24, 2.45) is 7.05 Å². The molecule has 5 rings (SSSR count). The number of halogens is 3. The van der Waals surface area contributed by atoms with Crippen LogP contribution in [-0.2, 0) is 24.9 Å². The summed E-state index contributed by atoms with van der Waals surface area (Å²) >= 11 is 0. The van der Waals surface area contributed by atoms with Crippen LogP contribution in [-0.4, -0.2) is 48.9 Å². The van der Waals surface area contributed by atoms with Crippen LogP contribution in [0.25, 0.3) is 0 Å². The van der Waals surface area contributed by atoms with Gasteiger partial charge >= 0.3 is 12.1 Å². The number of hydrogen-bond acceptors (Lipinski definition) is 5. The predicted molar refractivity (Wildman–Crippen MR) is 114 cm³/mol. The fourth-order valence-electron chi connectivity index (χ4n) is 4.19. The summed E-state index contributed by atoms with van der Waals surface area (Å²) in [7, 11) is 1.80. The summed E-state index contributed by atoms with van der Waals surface area (Å²) in [5.41, 5.74) is 0.876. The molecule has 2 aliphatic rings. The molecule has 0 aliphatic carbocycles. The Hall–Kier alpha value is -4.03. The van der Waals surface area contributed by atoms with E-state index in [2.05, 4.69) is 15.4 Å². The van der Waals surface area contributed by atoms with Crippen LogP contribution in [0.1, 0.15) is 26.0 Å². The fourth-order valence-corrected chi connectivity index (χ4v) is 4.19. The van der Waals surface area contributed by atoms with Gasteiger partial charge in [-0.15, -0.1) is 0 Å². The molecule has 1 N–H and O–H groups in total. The minimum atomic E-state index is -1.61. The van der Waals surface area contributed by atoms with E-state index in [1.54, 1.807) is 35.6 Å². The molecule has 1 fully saturated rings. The number of aromatic nitrogens is 4. The maximum Gasteiger partial charge on any atom is 0.415 e. The van der Waals surface area contributed by atoms with Crippen molar-refractivity contribution in [3.63, 3.8) is 0 Å². The summed E-state index contributed by atoms with van der Waals surface area (Å²) in [6.45, 7) is 2.42. The third-order valence-electron chi connectivity index (χ3n) is 5.96. The lowest BCUT2D eigenvalue weighted by atomic mass is 10.2. The largest absolute Gasteiger partial charge is 0.436 e. The van der Waals surface area contributed by atoms with E-state index in [0.29, 0.717) is 35.9 Å². The Morgan fingerprint density at radius 1 is 1.24 bits per heavy atom. The highest BCUT2D eigenvalue weighted by atomic mass is 19.2. The number of nitrogens with one attached hydrogen (secondary N) is 1. The third-order valence-corrected chi connectivity index (χ3v) is 5.96. The number of nitrogens with zero attached hydrogens (tertiary/aromatic N) is 6. The van der Waals surface area contributed by atoms with E-state index >= 15 is 0 Å². The first-order valence-electron chi connectivity index (χ1n) is 10.4. The molecule has 2 aliphatic heterocycles. The van der Waals surface area contributed by atoms with Gasteiger partial charge in [0.15, 0.2) is 29.4 Å². The third kappa shape index (κ3) is 3.62. The zero-order valence-corrected chi connectivity index (χ0v) is 18.2. The second-order valence-corrected chi connectivity index (χ2v) is 8.20. The number of anilines is 2. The molecule has 180 valence electrons. The first-order valence-corrected chi connectivity index (χ1v) is 10.4. The van der Waals surface area contributed by atoms with E-state index in [1.807, 2.05) is 0 Å². The Kier molecular flexibility index (Phi) is 5.18. The number of cyclic esters (lactones) is 1. The summed E-state index contributed by atoms with van der Waals surface area (Å²) < 4.78 is 49.3. The van der Waals surface area contributed by atoms with Gasteiger partial charge in [-0.05, 0) is 6.92 Å². The zero-order valence-electron chi connectivity index (χ0n) is 18.2. The molecule has 0 spiro atoms. The number of amides is 3. The normalized spacial score (nSPS) is 19.9. The quantitative estimate of drug-likeness (QED) is 0.583. The topological polar surface area (TPSA) is 97.5 Å². The van der Waals surface area contributed by atoms with Crippen LogP contribution in [0, 0.1) is 17.5 Å². The number of carbonyl (C=O) groups excluding carboxylic acids is 2. The van der Waals surface area contributed by atoms with E-state index in [9.17, 15) is 22.8 Å². The summed E-state index contributed by atoms with van der Waals surface area (Å²) in [6.07, 6.45) is 3.79. The van der Waals surface area contributed by atoms with Crippen molar-refractivity contribution in [2.75, 3.05) is 16.8 Å². The van der Waals surface area contributed by atoms with Crippen LogP contribution in [0.3, 0.4) is 0 Å². The van der Waals surface area contributed by atoms with Crippen molar-refractivity contribution < 1.29 is 28.9 Å². The second-order valence-electron chi connectivity index (χ2n) is 8.20. The molecular formula is C21H22F3N7O3. The van der Waals surface area contributed by atoms with E-state index in [0.717, 1.165) is 0 Å². The van der Waals surface area contributed by atoms with Gasteiger partial charge in [-0.25, -0.2) is 27.7 Å². The Bertz CT molecular complexity index is 1270. The highest BCUT2D eigenvalue weighted by Crippen LogP contribution is 2.34. The van der Waals surface area contributed by atoms with Crippen LogP contribution >= 0.6 is 0 Å². The number of ether oxygens (including phenoxy) is 1. The SMILES string of the molecule is C[C@H]1Cn2ncc(N3CC(c4nccn4C)OC3=O)c2CN1C(=O)Nc1cc(F)c(F)c(F)c1.[HH]. The van der Waals surface area contributed by atoms with Crippen LogP contribution < -0.4 is 10.2 Å². The van der Waals surface area contributed by atoms with E-state index < -0.39 is 35.7 Å². The van der Waals surface area contributed by atoms with Gasteiger partial charge in [0.05, 0.1) is 43.3 Å². The molecule has 13 heteroatoms. The molecule has 0 saturated carbocycles. The molecule has 3 amide bonds. The van der Waals surface area contributed by atoms with E-state index in [4.69, 9.17) is 4.74 Å². The lowest BCUT2D eigenvalue weighted by Crippen LogP contribution is -2.47. The number of imidazole rings is 1. The molecule has 4 heterocycles. The number of rotatable bonds is 3. The van der Waals surface area contributed by atoms with Gasteiger partial charge in [-0.1, -0.05) is 0 Å². The van der Waals surface area contributed by atoms with Crippen molar-refractivity contribution in [1.82, 2.24) is 24.2 Å². The Labute approximate surface area is 193 Å². The molecule has 34 heavy (non-hydrogen) atoms. The Balaban J connectivity index is 0.00000289. The first kappa shape index (κ1) is 21.8. The maximum absolute atomic E-state index is 13.5. The molecule has 0 bridgehead atoms. The number of aryl methyl sites for hydroxylation is 1. The van der Waals surface area contributed by atoms with Crippen LogP contribution in [0.4, 0.5) is 34.1 Å². The monoisotopic (exact) mass is 477 g/mol. The summed E-state index contributed by atoms with van der Waals surface area (Å²) in [4.78, 5) is 32.6. The van der Waals surface area contributed by atoms with Crippen molar-refractivity contribution in [3.05, 3.63) is 59.7 Å². The zero-order chi connectivity index (χ0) is 24.1. The van der Waals surface area contributed by atoms with Gasteiger partial charge in [-0.2, -0.15) is 5.10 Å². The Morgan fingerprint density at radius 2 is 1.97 bits per heavy atom. The van der Waals surface area contributed by atoms with Gasteiger partial charge in [0.25, 0.3) is 0 Å². The average Bonchev–Trinajstić information content (AvgIpc) is 3.49. The van der Waals surface area contributed by atoms with Crippen molar-refractivity contribution >= 4 is 23.5 Å². The molecule has 1 saturated heterocycles. The summed E-state index contributed by atoms with van der Waals surface area (Å²) in [6, 6.07) is 0.462. The van der Waals surface area contributed by atoms with Crippen molar-refractivity contribution in [2.45, 2.75) is 32.2 Å². The number of urea groups is 1.